The van der Waals surface area contributed by atoms with Crippen LogP contribution in [0.3, 0.4) is 0 Å². The molecule has 0 radical (unpaired) electrons. The number of benzene rings is 1. The van der Waals surface area contributed by atoms with E-state index in [1.807, 2.05) is 37.3 Å². The summed E-state index contributed by atoms with van der Waals surface area (Å²) in [5.74, 6) is 1.40. The number of aryl methyl sites for hydroxylation is 1. The minimum atomic E-state index is -0.547. The minimum absolute atomic E-state index is 0.324. The van der Waals surface area contributed by atoms with Crippen LogP contribution in [0.5, 0.6) is 5.75 Å². The highest BCUT2D eigenvalue weighted by molar-refractivity contribution is 5.21. The first kappa shape index (κ1) is 12.5. The molecule has 0 aliphatic heterocycles. The van der Waals surface area contributed by atoms with E-state index in [9.17, 15) is 5.11 Å². The monoisotopic (exact) mass is 244 g/mol. The van der Waals surface area contributed by atoms with E-state index in [4.69, 9.17) is 4.74 Å². The molecule has 1 N–H and O–H groups in total. The van der Waals surface area contributed by atoms with Gasteiger partial charge >= 0.3 is 0 Å². The molecule has 2 aromatic rings. The first-order valence-electron chi connectivity index (χ1n) is 5.85. The van der Waals surface area contributed by atoms with E-state index in [0.717, 1.165) is 17.0 Å². The molecule has 0 aliphatic carbocycles. The maximum absolute atomic E-state index is 9.49. The van der Waals surface area contributed by atoms with E-state index >= 15 is 0 Å². The van der Waals surface area contributed by atoms with Crippen molar-refractivity contribution in [2.45, 2.75) is 26.6 Å². The summed E-state index contributed by atoms with van der Waals surface area (Å²) in [6, 6.07) is 9.54. The Morgan fingerprint density at radius 3 is 2.61 bits per heavy atom. The Labute approximate surface area is 106 Å². The van der Waals surface area contributed by atoms with Gasteiger partial charge in [0.05, 0.1) is 6.10 Å². The number of ether oxygens (including phenoxy) is 1. The second kappa shape index (κ2) is 5.60. The summed E-state index contributed by atoms with van der Waals surface area (Å²) in [5.41, 5.74) is 1.53. The Bertz CT molecular complexity index is 512. The fraction of sp³-hybridized carbons (Fsp3) is 0.286. The minimum Gasteiger partial charge on any atom is -0.486 e. The van der Waals surface area contributed by atoms with Gasteiger partial charge in [-0.3, -0.25) is 0 Å². The Balaban J connectivity index is 2.05. The zero-order valence-corrected chi connectivity index (χ0v) is 10.5. The number of rotatable bonds is 4. The van der Waals surface area contributed by atoms with Gasteiger partial charge in [0.25, 0.3) is 0 Å². The van der Waals surface area contributed by atoms with Crippen LogP contribution in [0.25, 0.3) is 0 Å². The molecule has 1 unspecified atom stereocenters. The summed E-state index contributed by atoms with van der Waals surface area (Å²) >= 11 is 0. The van der Waals surface area contributed by atoms with Crippen molar-refractivity contribution in [2.75, 3.05) is 0 Å². The van der Waals surface area contributed by atoms with Crippen LogP contribution in [0, 0.1) is 6.92 Å². The van der Waals surface area contributed by atoms with E-state index in [-0.39, 0.29) is 0 Å². The van der Waals surface area contributed by atoms with Crippen LogP contribution in [0.4, 0.5) is 0 Å². The predicted octanol–water partition coefficient (Wildman–Crippen LogP) is 2.42. The van der Waals surface area contributed by atoms with E-state index in [2.05, 4.69) is 9.97 Å². The van der Waals surface area contributed by atoms with Crippen molar-refractivity contribution in [3.05, 3.63) is 53.6 Å². The lowest BCUT2D eigenvalue weighted by Crippen LogP contribution is -2.06. The maximum atomic E-state index is 9.49. The van der Waals surface area contributed by atoms with Gasteiger partial charge in [0, 0.05) is 17.5 Å². The molecular formula is C14H16N2O2. The summed E-state index contributed by atoms with van der Waals surface area (Å²) in [5, 5.41) is 9.49. The zero-order chi connectivity index (χ0) is 13.0. The van der Waals surface area contributed by atoms with Gasteiger partial charge in [-0.1, -0.05) is 18.2 Å². The molecule has 1 aromatic carbocycles. The number of hydrogen-bond donors (Lipinski definition) is 1. The highest BCUT2D eigenvalue weighted by Crippen LogP contribution is 2.15. The molecular weight excluding hydrogens is 228 g/mol. The topological polar surface area (TPSA) is 55.2 Å². The van der Waals surface area contributed by atoms with Gasteiger partial charge in [-0.25, -0.2) is 9.97 Å². The van der Waals surface area contributed by atoms with Crippen LogP contribution in [-0.4, -0.2) is 15.1 Å². The molecule has 0 saturated carbocycles. The summed E-state index contributed by atoms with van der Waals surface area (Å²) in [6.45, 7) is 3.88. The lowest BCUT2D eigenvalue weighted by Gasteiger charge is -2.09. The van der Waals surface area contributed by atoms with Gasteiger partial charge in [0.1, 0.15) is 12.4 Å². The fourth-order valence-corrected chi connectivity index (χ4v) is 1.67. The number of aromatic nitrogens is 2. The Morgan fingerprint density at radius 2 is 2.00 bits per heavy atom. The molecule has 4 heteroatoms. The normalized spacial score (nSPS) is 12.2. The highest BCUT2D eigenvalue weighted by Gasteiger charge is 2.08. The molecule has 0 bridgehead atoms. The van der Waals surface area contributed by atoms with Crippen molar-refractivity contribution >= 4 is 0 Å². The standard InChI is InChI=1S/C14H16N2O2/c1-10-13(11(2)17)8-15-14(16-10)9-18-12-6-4-3-5-7-12/h3-8,11,17H,9H2,1-2H3. The lowest BCUT2D eigenvalue weighted by atomic mass is 10.1. The van der Waals surface area contributed by atoms with Gasteiger partial charge in [-0.05, 0) is 26.0 Å². The average Bonchev–Trinajstić information content (AvgIpc) is 2.37. The summed E-state index contributed by atoms with van der Waals surface area (Å²) < 4.78 is 5.56. The van der Waals surface area contributed by atoms with Crippen molar-refractivity contribution in [1.82, 2.24) is 9.97 Å². The molecule has 1 aromatic heterocycles. The van der Waals surface area contributed by atoms with Gasteiger partial charge in [0.15, 0.2) is 5.82 Å². The third-order valence-electron chi connectivity index (χ3n) is 2.63. The third kappa shape index (κ3) is 3.05. The van der Waals surface area contributed by atoms with E-state index in [1.54, 1.807) is 13.1 Å². The summed E-state index contributed by atoms with van der Waals surface area (Å²) in [6.07, 6.45) is 1.10. The number of aliphatic hydroxyl groups excluding tert-OH is 1. The van der Waals surface area contributed by atoms with Crippen LogP contribution in [0.15, 0.2) is 36.5 Å². The highest BCUT2D eigenvalue weighted by atomic mass is 16.5. The van der Waals surface area contributed by atoms with Crippen LogP contribution in [0.1, 0.15) is 30.1 Å². The average molecular weight is 244 g/mol. The molecule has 2 rings (SSSR count). The fourth-order valence-electron chi connectivity index (χ4n) is 1.67. The molecule has 0 fully saturated rings. The Kier molecular flexibility index (Phi) is 3.89. The van der Waals surface area contributed by atoms with Crippen LogP contribution >= 0.6 is 0 Å². The molecule has 0 amide bonds. The first-order valence-corrected chi connectivity index (χ1v) is 5.85. The number of hydrogen-bond acceptors (Lipinski definition) is 4. The number of para-hydroxylation sites is 1. The predicted molar refractivity (Wildman–Crippen MR) is 68.2 cm³/mol. The number of aliphatic hydroxyl groups is 1. The van der Waals surface area contributed by atoms with Crippen LogP contribution < -0.4 is 4.74 Å². The molecule has 0 aliphatic rings. The zero-order valence-electron chi connectivity index (χ0n) is 10.5. The van der Waals surface area contributed by atoms with Crippen LogP contribution in [0.2, 0.25) is 0 Å². The number of nitrogens with zero attached hydrogens (tertiary/aromatic N) is 2. The molecule has 0 spiro atoms. The van der Waals surface area contributed by atoms with E-state index in [1.165, 1.54) is 0 Å². The van der Waals surface area contributed by atoms with Gasteiger partial charge in [-0.2, -0.15) is 0 Å². The maximum Gasteiger partial charge on any atom is 0.166 e. The lowest BCUT2D eigenvalue weighted by molar-refractivity contribution is 0.197. The van der Waals surface area contributed by atoms with Crippen molar-refractivity contribution in [2.24, 2.45) is 0 Å². The summed E-state index contributed by atoms with van der Waals surface area (Å²) in [7, 11) is 0. The molecule has 1 heterocycles. The van der Waals surface area contributed by atoms with Crippen molar-refractivity contribution in [1.29, 1.82) is 0 Å². The van der Waals surface area contributed by atoms with Crippen molar-refractivity contribution < 1.29 is 9.84 Å². The van der Waals surface area contributed by atoms with Gasteiger partial charge in [0.2, 0.25) is 0 Å². The smallest absolute Gasteiger partial charge is 0.166 e. The third-order valence-corrected chi connectivity index (χ3v) is 2.63. The Morgan fingerprint density at radius 1 is 1.28 bits per heavy atom. The molecule has 1 atom stereocenters. The second-order valence-electron chi connectivity index (χ2n) is 4.10. The SMILES string of the molecule is Cc1nc(COc2ccccc2)ncc1C(C)O. The largest absolute Gasteiger partial charge is 0.486 e. The molecule has 18 heavy (non-hydrogen) atoms. The Hall–Kier alpha value is -1.94. The van der Waals surface area contributed by atoms with E-state index < -0.39 is 6.10 Å². The summed E-state index contributed by atoms with van der Waals surface area (Å²) in [4.78, 5) is 8.49. The van der Waals surface area contributed by atoms with Gasteiger partial charge in [-0.15, -0.1) is 0 Å². The van der Waals surface area contributed by atoms with E-state index in [0.29, 0.717) is 12.4 Å². The quantitative estimate of drug-likeness (QED) is 0.897. The second-order valence-corrected chi connectivity index (χ2v) is 4.10. The van der Waals surface area contributed by atoms with Gasteiger partial charge < -0.3 is 9.84 Å². The molecule has 0 saturated heterocycles. The molecule has 94 valence electrons. The molecule has 4 nitrogen and oxygen atoms in total. The van der Waals surface area contributed by atoms with Crippen LogP contribution in [-0.2, 0) is 6.61 Å². The first-order chi connectivity index (χ1) is 8.66. The van der Waals surface area contributed by atoms with Crippen molar-refractivity contribution in [3.8, 4) is 5.75 Å². The van der Waals surface area contributed by atoms with Crippen molar-refractivity contribution in [3.63, 3.8) is 0 Å².